The molecule has 21 heavy (non-hydrogen) atoms. The van der Waals surface area contributed by atoms with E-state index in [1.807, 2.05) is 0 Å². The molecule has 0 spiro atoms. The van der Waals surface area contributed by atoms with Crippen molar-refractivity contribution >= 4 is 24.0 Å². The summed E-state index contributed by atoms with van der Waals surface area (Å²) in [6, 6.07) is 4.74. The number of ether oxygens (including phenoxy) is 1. The Morgan fingerprint density at radius 1 is 1.33 bits per heavy atom. The van der Waals surface area contributed by atoms with Gasteiger partial charge in [0.15, 0.2) is 0 Å². The van der Waals surface area contributed by atoms with Crippen LogP contribution in [0.1, 0.15) is 18.4 Å². The first-order valence-electron chi connectivity index (χ1n) is 6.74. The molecule has 0 amide bonds. The smallest absolute Gasteiger partial charge is 0.387 e. The number of likely N-dealkylation sites (tertiary alicyclic amines) is 1. The fourth-order valence-corrected chi connectivity index (χ4v) is 2.70. The Balaban J connectivity index is 0.00000220. The van der Waals surface area contributed by atoms with Crippen molar-refractivity contribution in [2.45, 2.75) is 26.0 Å². The Hall–Kier alpha value is -0.620. The van der Waals surface area contributed by atoms with Gasteiger partial charge in [0.1, 0.15) is 5.75 Å². The van der Waals surface area contributed by atoms with Gasteiger partial charge in [-0.2, -0.15) is 8.78 Å². The van der Waals surface area contributed by atoms with Crippen LogP contribution in [0, 0.1) is 5.92 Å². The zero-order valence-electron chi connectivity index (χ0n) is 11.6. The first kappa shape index (κ1) is 18.4. The van der Waals surface area contributed by atoms with Crippen LogP contribution in [0.2, 0.25) is 5.02 Å². The third-order valence-corrected chi connectivity index (χ3v) is 3.91. The topological polar surface area (TPSA) is 38.5 Å². The number of hydrogen-bond donors (Lipinski definition) is 1. The van der Waals surface area contributed by atoms with Crippen molar-refractivity contribution < 1.29 is 13.5 Å². The second-order valence-corrected chi connectivity index (χ2v) is 5.52. The molecule has 1 aromatic rings. The van der Waals surface area contributed by atoms with E-state index in [2.05, 4.69) is 9.64 Å². The third-order valence-electron chi connectivity index (χ3n) is 3.67. The molecule has 0 bridgehead atoms. The Morgan fingerprint density at radius 2 is 2.00 bits per heavy atom. The maximum atomic E-state index is 12.4. The van der Waals surface area contributed by atoms with Gasteiger partial charge in [-0.05, 0) is 56.6 Å². The van der Waals surface area contributed by atoms with Crippen LogP contribution in [0.25, 0.3) is 0 Å². The zero-order valence-corrected chi connectivity index (χ0v) is 13.2. The van der Waals surface area contributed by atoms with Gasteiger partial charge in [0.05, 0.1) is 0 Å². The molecule has 0 aromatic heterocycles. The summed E-state index contributed by atoms with van der Waals surface area (Å²) in [4.78, 5) is 2.22. The number of piperidine rings is 1. The normalized spacial score (nSPS) is 16.8. The van der Waals surface area contributed by atoms with E-state index in [0.29, 0.717) is 29.6 Å². The standard InChI is InChI=1S/C14H19ClF2N2O.ClH/c15-12-1-2-13(20-14(16)17)11(7-12)9-19-5-3-10(8-18)4-6-19;/h1-2,7,10,14H,3-6,8-9,18H2;1H. The van der Waals surface area contributed by atoms with Gasteiger partial charge < -0.3 is 10.5 Å². The molecule has 1 saturated heterocycles. The number of hydrogen-bond acceptors (Lipinski definition) is 3. The largest absolute Gasteiger partial charge is 0.434 e. The number of nitrogens with two attached hydrogens (primary N) is 1. The van der Waals surface area contributed by atoms with Crippen LogP contribution in [0.3, 0.4) is 0 Å². The summed E-state index contributed by atoms with van der Waals surface area (Å²) in [7, 11) is 0. The highest BCUT2D eigenvalue weighted by Gasteiger charge is 2.20. The molecular formula is C14H20Cl2F2N2O. The summed E-state index contributed by atoms with van der Waals surface area (Å²) in [6.07, 6.45) is 2.09. The van der Waals surface area contributed by atoms with Crippen molar-refractivity contribution in [2.24, 2.45) is 11.7 Å². The quantitative estimate of drug-likeness (QED) is 0.890. The van der Waals surface area contributed by atoms with Gasteiger partial charge in [0.2, 0.25) is 0 Å². The molecule has 1 aliphatic rings. The Bertz CT molecular complexity index is 441. The van der Waals surface area contributed by atoms with Crippen molar-refractivity contribution in [3.63, 3.8) is 0 Å². The van der Waals surface area contributed by atoms with Gasteiger partial charge in [0, 0.05) is 17.1 Å². The Kier molecular flexibility index (Phi) is 7.66. The number of alkyl halides is 2. The number of benzene rings is 1. The predicted octanol–water partition coefficient (Wildman–Crippen LogP) is 3.53. The molecule has 1 heterocycles. The first-order chi connectivity index (χ1) is 9.58. The average Bonchev–Trinajstić information content (AvgIpc) is 2.42. The maximum absolute atomic E-state index is 12.4. The molecule has 0 atom stereocenters. The highest BCUT2D eigenvalue weighted by atomic mass is 35.5. The lowest BCUT2D eigenvalue weighted by Gasteiger charge is -2.31. The monoisotopic (exact) mass is 340 g/mol. The second-order valence-electron chi connectivity index (χ2n) is 5.09. The molecule has 0 aliphatic carbocycles. The molecule has 0 saturated carbocycles. The van der Waals surface area contributed by atoms with Crippen LogP contribution in [-0.4, -0.2) is 31.1 Å². The van der Waals surface area contributed by atoms with E-state index in [-0.39, 0.29) is 18.2 Å². The lowest BCUT2D eigenvalue weighted by molar-refractivity contribution is -0.0508. The second kappa shape index (κ2) is 8.73. The summed E-state index contributed by atoms with van der Waals surface area (Å²) in [5.41, 5.74) is 6.36. The average molecular weight is 341 g/mol. The minimum absolute atomic E-state index is 0. The molecule has 0 radical (unpaired) electrons. The maximum Gasteiger partial charge on any atom is 0.387 e. The van der Waals surface area contributed by atoms with E-state index in [9.17, 15) is 8.78 Å². The summed E-state index contributed by atoms with van der Waals surface area (Å²) < 4.78 is 29.3. The predicted molar refractivity (Wildman–Crippen MR) is 82.4 cm³/mol. The zero-order chi connectivity index (χ0) is 14.5. The van der Waals surface area contributed by atoms with Gasteiger partial charge in [-0.1, -0.05) is 11.6 Å². The van der Waals surface area contributed by atoms with Crippen molar-refractivity contribution in [1.82, 2.24) is 4.90 Å². The minimum Gasteiger partial charge on any atom is -0.434 e. The molecular weight excluding hydrogens is 321 g/mol. The molecule has 120 valence electrons. The fraction of sp³-hybridized carbons (Fsp3) is 0.571. The fourth-order valence-electron chi connectivity index (χ4n) is 2.50. The Labute approximate surface area is 134 Å². The first-order valence-corrected chi connectivity index (χ1v) is 7.12. The molecule has 2 N–H and O–H groups in total. The Morgan fingerprint density at radius 3 is 2.57 bits per heavy atom. The van der Waals surface area contributed by atoms with E-state index < -0.39 is 6.61 Å². The van der Waals surface area contributed by atoms with E-state index in [4.69, 9.17) is 17.3 Å². The van der Waals surface area contributed by atoms with Gasteiger partial charge >= 0.3 is 6.61 Å². The summed E-state index contributed by atoms with van der Waals surface area (Å²) in [6.45, 7) is 0.299. The van der Waals surface area contributed by atoms with Gasteiger partial charge in [-0.3, -0.25) is 4.90 Å². The molecule has 1 fully saturated rings. The highest BCUT2D eigenvalue weighted by molar-refractivity contribution is 6.30. The summed E-state index contributed by atoms with van der Waals surface area (Å²) >= 11 is 5.94. The number of nitrogens with zero attached hydrogens (tertiary/aromatic N) is 1. The van der Waals surface area contributed by atoms with Crippen LogP contribution >= 0.6 is 24.0 Å². The van der Waals surface area contributed by atoms with Crippen molar-refractivity contribution in [3.05, 3.63) is 28.8 Å². The minimum atomic E-state index is -2.82. The van der Waals surface area contributed by atoms with E-state index in [1.165, 1.54) is 6.07 Å². The lowest BCUT2D eigenvalue weighted by atomic mass is 9.97. The molecule has 0 unspecified atom stereocenters. The van der Waals surface area contributed by atoms with Crippen LogP contribution in [0.15, 0.2) is 18.2 Å². The highest BCUT2D eigenvalue weighted by Crippen LogP contribution is 2.27. The third kappa shape index (κ3) is 5.58. The summed E-state index contributed by atoms with van der Waals surface area (Å²) in [5.74, 6) is 0.771. The van der Waals surface area contributed by atoms with E-state index in [1.54, 1.807) is 12.1 Å². The number of rotatable bonds is 5. The molecule has 3 nitrogen and oxygen atoms in total. The van der Waals surface area contributed by atoms with Crippen molar-refractivity contribution in [1.29, 1.82) is 0 Å². The van der Waals surface area contributed by atoms with Crippen LogP contribution < -0.4 is 10.5 Å². The van der Waals surface area contributed by atoms with E-state index >= 15 is 0 Å². The van der Waals surface area contributed by atoms with Crippen molar-refractivity contribution in [2.75, 3.05) is 19.6 Å². The molecule has 1 aliphatic heterocycles. The lowest BCUT2D eigenvalue weighted by Crippen LogP contribution is -2.35. The van der Waals surface area contributed by atoms with Crippen LogP contribution in [-0.2, 0) is 6.54 Å². The molecule has 7 heteroatoms. The van der Waals surface area contributed by atoms with Crippen LogP contribution in [0.4, 0.5) is 8.78 Å². The van der Waals surface area contributed by atoms with Gasteiger partial charge in [-0.15, -0.1) is 12.4 Å². The molecule has 2 rings (SSSR count). The van der Waals surface area contributed by atoms with E-state index in [0.717, 1.165) is 25.9 Å². The van der Waals surface area contributed by atoms with Gasteiger partial charge in [0.25, 0.3) is 0 Å². The van der Waals surface area contributed by atoms with Crippen LogP contribution in [0.5, 0.6) is 5.75 Å². The molecule has 1 aromatic carbocycles. The SMILES string of the molecule is Cl.NCC1CCN(Cc2cc(Cl)ccc2OC(F)F)CC1. The van der Waals surface area contributed by atoms with Crippen molar-refractivity contribution in [3.8, 4) is 5.75 Å². The summed E-state index contributed by atoms with van der Waals surface area (Å²) in [5, 5.41) is 0.526. The number of halogens is 4. The van der Waals surface area contributed by atoms with Gasteiger partial charge in [-0.25, -0.2) is 0 Å².